The summed E-state index contributed by atoms with van der Waals surface area (Å²) in [5.74, 6) is 0. The molecular formula is C37H30OP2Pd+2. The Labute approximate surface area is 257 Å². The van der Waals surface area contributed by atoms with Gasteiger partial charge in [-0.2, -0.15) is 0 Å². The molecule has 0 heterocycles. The summed E-state index contributed by atoms with van der Waals surface area (Å²) in [7, 11) is -5.70. The molecule has 202 valence electrons. The zero-order valence-electron chi connectivity index (χ0n) is 22.4. The first-order valence-electron chi connectivity index (χ1n) is 13.5. The maximum Gasteiger partial charge on any atom is 0.426 e. The van der Waals surface area contributed by atoms with Gasteiger partial charge in [0.05, 0.1) is 0 Å². The molecule has 4 heteroatoms. The molecule has 0 aliphatic rings. The number of rotatable bonds is 8. The van der Waals surface area contributed by atoms with Crippen molar-refractivity contribution in [1.29, 1.82) is 0 Å². The zero-order valence-corrected chi connectivity index (χ0v) is 25.8. The second kappa shape index (κ2) is 13.0. The minimum absolute atomic E-state index is 0. The topological polar surface area (TPSA) is 17.1 Å². The third-order valence-electron chi connectivity index (χ3n) is 7.43. The summed E-state index contributed by atoms with van der Waals surface area (Å²) in [6.45, 7) is 0. The molecule has 0 aromatic heterocycles. The summed E-state index contributed by atoms with van der Waals surface area (Å²) in [5, 5.41) is 6.74. The Morgan fingerprint density at radius 2 is 0.439 bits per heavy atom. The van der Waals surface area contributed by atoms with Crippen LogP contribution in [0.1, 0.15) is 0 Å². The van der Waals surface area contributed by atoms with E-state index in [0.29, 0.717) is 5.27 Å². The molecule has 0 radical (unpaired) electrons. The normalized spacial score (nSPS) is 11.3. The molecule has 0 saturated heterocycles. The Balaban J connectivity index is 0.00000337. The van der Waals surface area contributed by atoms with E-state index in [9.17, 15) is 0 Å². The fourth-order valence-corrected chi connectivity index (χ4v) is 16.4. The molecule has 0 N–H and O–H groups in total. The quantitative estimate of drug-likeness (QED) is 0.126. The van der Waals surface area contributed by atoms with Crippen molar-refractivity contribution >= 4 is 51.6 Å². The SMILES string of the molecule is O=C([P+](c1ccccc1)(c1ccccc1)c1ccccc1)[P+](c1ccccc1)(c1ccccc1)c1ccccc1.[Pd]. The Hall–Kier alpha value is -3.49. The van der Waals surface area contributed by atoms with Crippen molar-refractivity contribution in [3.63, 3.8) is 0 Å². The van der Waals surface area contributed by atoms with Crippen LogP contribution in [0.2, 0.25) is 0 Å². The van der Waals surface area contributed by atoms with Crippen LogP contribution in [0.3, 0.4) is 0 Å². The van der Waals surface area contributed by atoms with Gasteiger partial charge in [-0.25, -0.2) is 4.79 Å². The smallest absolute Gasteiger partial charge is 0.208 e. The van der Waals surface area contributed by atoms with Gasteiger partial charge < -0.3 is 0 Å². The molecule has 6 aromatic carbocycles. The van der Waals surface area contributed by atoms with E-state index in [1.807, 2.05) is 36.4 Å². The molecule has 0 amide bonds. The molecule has 6 aromatic rings. The Morgan fingerprint density at radius 1 is 0.293 bits per heavy atom. The van der Waals surface area contributed by atoms with E-state index in [1.165, 1.54) is 0 Å². The number of carbonyl (C=O) groups is 1. The second-order valence-electron chi connectivity index (χ2n) is 9.64. The van der Waals surface area contributed by atoms with Gasteiger partial charge in [0.15, 0.2) is 0 Å². The largest absolute Gasteiger partial charge is 0.426 e. The van der Waals surface area contributed by atoms with E-state index < -0.39 is 14.5 Å². The van der Waals surface area contributed by atoms with Crippen LogP contribution in [0.15, 0.2) is 182 Å². The second-order valence-corrected chi connectivity index (χ2v) is 16.6. The van der Waals surface area contributed by atoms with Crippen molar-refractivity contribution in [2.45, 2.75) is 0 Å². The van der Waals surface area contributed by atoms with Crippen molar-refractivity contribution in [3.05, 3.63) is 182 Å². The van der Waals surface area contributed by atoms with Crippen LogP contribution in [-0.2, 0) is 20.4 Å². The fraction of sp³-hybridized carbons (Fsp3) is 0. The standard InChI is InChI=1S/C37H30OP2.Pd/c38-37(39(31-19-7-1-8-20-31,32-21-9-2-10-22-32)33-23-11-3-12-24-33)40(34-25-13-4-14-26-34,35-27-15-5-16-28-35)36-29-17-6-18-30-36;/h1-30H;/q+2;. The molecule has 0 spiro atoms. The Morgan fingerprint density at radius 3 is 0.585 bits per heavy atom. The average molecular weight is 659 g/mol. The molecule has 0 atom stereocenters. The van der Waals surface area contributed by atoms with Crippen LogP contribution in [-0.4, -0.2) is 5.27 Å². The molecule has 0 aliphatic heterocycles. The minimum atomic E-state index is -2.85. The summed E-state index contributed by atoms with van der Waals surface area (Å²) < 4.78 is 0. The van der Waals surface area contributed by atoms with Gasteiger partial charge in [0.25, 0.3) is 0 Å². The number of hydrogen-bond acceptors (Lipinski definition) is 1. The van der Waals surface area contributed by atoms with Gasteiger partial charge in [-0.15, -0.1) is 0 Å². The minimum Gasteiger partial charge on any atom is -0.208 e. The van der Waals surface area contributed by atoms with Gasteiger partial charge in [0.1, 0.15) is 31.8 Å². The molecule has 0 bridgehead atoms. The maximum atomic E-state index is 16.4. The van der Waals surface area contributed by atoms with E-state index in [0.717, 1.165) is 31.8 Å². The van der Waals surface area contributed by atoms with E-state index in [1.54, 1.807) is 0 Å². The molecule has 0 fully saturated rings. The molecule has 0 aliphatic carbocycles. The first kappa shape index (κ1) is 29.0. The zero-order chi connectivity index (χ0) is 27.3. The Bertz CT molecular complexity index is 1360. The summed E-state index contributed by atoms with van der Waals surface area (Å²) in [4.78, 5) is 16.4. The molecular weight excluding hydrogens is 629 g/mol. The van der Waals surface area contributed by atoms with Crippen LogP contribution in [0, 0.1) is 0 Å². The summed E-state index contributed by atoms with van der Waals surface area (Å²) in [5.41, 5.74) is 0. The van der Waals surface area contributed by atoms with Crippen molar-refractivity contribution in [1.82, 2.24) is 0 Å². The molecule has 41 heavy (non-hydrogen) atoms. The maximum absolute atomic E-state index is 16.4. The van der Waals surface area contributed by atoms with Crippen LogP contribution in [0.5, 0.6) is 0 Å². The molecule has 1 nitrogen and oxygen atoms in total. The van der Waals surface area contributed by atoms with Crippen molar-refractivity contribution in [2.75, 3.05) is 0 Å². The van der Waals surface area contributed by atoms with Gasteiger partial charge in [-0.1, -0.05) is 109 Å². The van der Waals surface area contributed by atoms with Crippen LogP contribution >= 0.6 is 14.5 Å². The first-order chi connectivity index (χ1) is 19.8. The average Bonchev–Trinajstić information content (AvgIpc) is 3.05. The molecule has 0 unspecified atom stereocenters. The predicted molar refractivity (Wildman–Crippen MR) is 176 cm³/mol. The summed E-state index contributed by atoms with van der Waals surface area (Å²) >= 11 is 0. The third kappa shape index (κ3) is 5.08. The predicted octanol–water partition coefficient (Wildman–Crippen LogP) is 7.09. The van der Waals surface area contributed by atoms with Gasteiger partial charge in [-0.3, -0.25) is 0 Å². The van der Waals surface area contributed by atoms with Crippen molar-refractivity contribution < 1.29 is 25.2 Å². The summed E-state index contributed by atoms with van der Waals surface area (Å²) in [6, 6.07) is 62.9. The summed E-state index contributed by atoms with van der Waals surface area (Å²) in [6.07, 6.45) is 0. The molecule has 6 rings (SSSR count). The van der Waals surface area contributed by atoms with Gasteiger partial charge >= 0.3 is 5.27 Å². The van der Waals surface area contributed by atoms with Crippen LogP contribution in [0.4, 0.5) is 4.79 Å². The Kier molecular flexibility index (Phi) is 9.20. The van der Waals surface area contributed by atoms with E-state index in [-0.39, 0.29) is 20.4 Å². The first-order valence-corrected chi connectivity index (χ1v) is 17.0. The van der Waals surface area contributed by atoms with Gasteiger partial charge in [-0.05, 0) is 72.8 Å². The number of benzene rings is 6. The van der Waals surface area contributed by atoms with Crippen LogP contribution in [0.25, 0.3) is 0 Å². The third-order valence-corrected chi connectivity index (χ3v) is 16.8. The fourth-order valence-electron chi connectivity index (χ4n) is 5.69. The van der Waals surface area contributed by atoms with E-state index in [4.69, 9.17) is 0 Å². The molecule has 0 saturated carbocycles. The van der Waals surface area contributed by atoms with E-state index in [2.05, 4.69) is 146 Å². The number of hydrogen-bond donors (Lipinski definition) is 0. The van der Waals surface area contributed by atoms with E-state index >= 15 is 4.79 Å². The van der Waals surface area contributed by atoms with Gasteiger partial charge in [0.2, 0.25) is 14.5 Å². The van der Waals surface area contributed by atoms with Gasteiger partial charge in [0, 0.05) is 20.4 Å². The monoisotopic (exact) mass is 658 g/mol. The van der Waals surface area contributed by atoms with Crippen molar-refractivity contribution in [2.24, 2.45) is 0 Å². The van der Waals surface area contributed by atoms with Crippen LogP contribution < -0.4 is 31.8 Å². The number of carbonyl (C=O) groups excluding carboxylic acids is 1. The van der Waals surface area contributed by atoms with Crippen molar-refractivity contribution in [3.8, 4) is 0 Å².